The SMILES string of the molecule is O=C(Nc1ccc(OC(F)(F)F)cc1)N1CC(c2ccc(F)cc2)C(c2ccc(F)cc2)=N1. The molecule has 1 N–H and O–H groups in total. The molecular formula is C23H16F5N3O2. The molecule has 1 unspecified atom stereocenters. The van der Waals surface area contributed by atoms with Gasteiger partial charge in [0, 0.05) is 11.6 Å². The fourth-order valence-electron chi connectivity index (χ4n) is 3.39. The Hall–Kier alpha value is -3.95. The second-order valence-electron chi connectivity index (χ2n) is 7.18. The van der Waals surface area contributed by atoms with E-state index >= 15 is 0 Å². The van der Waals surface area contributed by atoms with Gasteiger partial charge in [0.2, 0.25) is 0 Å². The molecular weight excluding hydrogens is 445 g/mol. The number of amides is 2. The van der Waals surface area contributed by atoms with Crippen molar-refractivity contribution < 1.29 is 31.5 Å². The first kappa shape index (κ1) is 22.3. The number of anilines is 1. The number of benzene rings is 3. The summed E-state index contributed by atoms with van der Waals surface area (Å²) in [6, 6.07) is 15.4. The third kappa shape index (κ3) is 5.46. The maximum atomic E-state index is 13.4. The molecule has 0 saturated heterocycles. The summed E-state index contributed by atoms with van der Waals surface area (Å²) in [6.45, 7) is 0.124. The monoisotopic (exact) mass is 461 g/mol. The minimum absolute atomic E-state index is 0.124. The minimum atomic E-state index is -4.82. The molecule has 5 nitrogen and oxygen atoms in total. The van der Waals surface area contributed by atoms with E-state index in [2.05, 4.69) is 15.2 Å². The summed E-state index contributed by atoms with van der Waals surface area (Å²) in [6.07, 6.45) is -4.82. The van der Waals surface area contributed by atoms with Crippen LogP contribution < -0.4 is 10.1 Å². The van der Waals surface area contributed by atoms with E-state index in [1.165, 1.54) is 48.5 Å². The van der Waals surface area contributed by atoms with Gasteiger partial charge in [-0.25, -0.2) is 18.6 Å². The lowest BCUT2D eigenvalue weighted by atomic mass is 9.90. The molecule has 1 aliphatic heterocycles. The number of hydrogen-bond donors (Lipinski definition) is 1. The fourth-order valence-corrected chi connectivity index (χ4v) is 3.39. The molecule has 1 atom stereocenters. The number of rotatable bonds is 4. The standard InChI is InChI=1S/C23H16F5N3O2/c24-16-5-1-14(2-6-16)20-13-31(30-21(20)15-3-7-17(25)8-4-15)22(32)29-18-9-11-19(12-10-18)33-23(26,27)28/h1-12,20H,13H2,(H,29,32). The Kier molecular flexibility index (Phi) is 5.99. The molecule has 0 bridgehead atoms. The van der Waals surface area contributed by atoms with Crippen LogP contribution in [0.5, 0.6) is 5.75 Å². The highest BCUT2D eigenvalue weighted by Gasteiger charge is 2.33. The summed E-state index contributed by atoms with van der Waals surface area (Å²) in [5.74, 6) is -1.66. The quantitative estimate of drug-likeness (QED) is 0.492. The van der Waals surface area contributed by atoms with E-state index in [0.29, 0.717) is 16.8 Å². The van der Waals surface area contributed by atoms with Crippen molar-refractivity contribution in [2.24, 2.45) is 5.10 Å². The maximum Gasteiger partial charge on any atom is 0.573 e. The van der Waals surface area contributed by atoms with Crippen LogP contribution in [0.2, 0.25) is 0 Å². The first-order valence-corrected chi connectivity index (χ1v) is 9.72. The van der Waals surface area contributed by atoms with Gasteiger partial charge in [0.15, 0.2) is 0 Å². The molecule has 4 rings (SSSR count). The Morgan fingerprint density at radius 3 is 2.06 bits per heavy atom. The number of carbonyl (C=O) groups excluding carboxylic acids is 1. The van der Waals surface area contributed by atoms with Gasteiger partial charge in [-0.3, -0.25) is 0 Å². The van der Waals surface area contributed by atoms with Gasteiger partial charge < -0.3 is 10.1 Å². The van der Waals surface area contributed by atoms with Gasteiger partial charge in [0.1, 0.15) is 17.4 Å². The normalized spacial score (nSPS) is 15.8. The summed E-state index contributed by atoms with van der Waals surface area (Å²) >= 11 is 0. The molecule has 3 aromatic carbocycles. The van der Waals surface area contributed by atoms with Crippen LogP contribution >= 0.6 is 0 Å². The van der Waals surface area contributed by atoms with E-state index in [4.69, 9.17) is 0 Å². The van der Waals surface area contributed by atoms with Gasteiger partial charge in [-0.2, -0.15) is 5.10 Å². The van der Waals surface area contributed by atoms with Crippen LogP contribution in [-0.2, 0) is 0 Å². The first-order valence-electron chi connectivity index (χ1n) is 9.72. The predicted molar refractivity (Wildman–Crippen MR) is 111 cm³/mol. The lowest BCUT2D eigenvalue weighted by Gasteiger charge is -2.16. The van der Waals surface area contributed by atoms with Gasteiger partial charge in [-0.1, -0.05) is 24.3 Å². The smallest absolute Gasteiger partial charge is 0.406 e. The summed E-state index contributed by atoms with van der Waals surface area (Å²) in [5.41, 5.74) is 2.03. The molecule has 3 aromatic rings. The Morgan fingerprint density at radius 1 is 0.909 bits per heavy atom. The molecule has 10 heteroatoms. The van der Waals surface area contributed by atoms with Crippen molar-refractivity contribution in [3.05, 3.63) is 95.6 Å². The molecule has 2 amide bonds. The Morgan fingerprint density at radius 2 is 1.48 bits per heavy atom. The van der Waals surface area contributed by atoms with Crippen molar-refractivity contribution in [3.63, 3.8) is 0 Å². The van der Waals surface area contributed by atoms with Crippen molar-refractivity contribution >= 4 is 17.4 Å². The second kappa shape index (κ2) is 8.89. The van der Waals surface area contributed by atoms with E-state index < -0.39 is 35.7 Å². The van der Waals surface area contributed by atoms with Crippen molar-refractivity contribution in [2.75, 3.05) is 11.9 Å². The molecule has 0 radical (unpaired) electrons. The third-order valence-electron chi connectivity index (χ3n) is 4.90. The molecule has 33 heavy (non-hydrogen) atoms. The van der Waals surface area contributed by atoms with Gasteiger partial charge in [-0.15, -0.1) is 13.2 Å². The minimum Gasteiger partial charge on any atom is -0.406 e. The number of alkyl halides is 3. The molecule has 0 aliphatic carbocycles. The fraction of sp³-hybridized carbons (Fsp3) is 0.130. The van der Waals surface area contributed by atoms with E-state index in [9.17, 15) is 26.7 Å². The zero-order valence-electron chi connectivity index (χ0n) is 16.8. The molecule has 170 valence electrons. The van der Waals surface area contributed by atoms with E-state index in [1.54, 1.807) is 12.1 Å². The summed E-state index contributed by atoms with van der Waals surface area (Å²) < 4.78 is 67.5. The molecule has 0 spiro atoms. The highest BCUT2D eigenvalue weighted by Crippen LogP contribution is 2.30. The van der Waals surface area contributed by atoms with Crippen molar-refractivity contribution in [1.29, 1.82) is 0 Å². The van der Waals surface area contributed by atoms with Crippen LogP contribution in [0.15, 0.2) is 77.9 Å². The summed E-state index contributed by atoms with van der Waals surface area (Å²) in [5, 5.41) is 8.10. The Bertz CT molecular complexity index is 1160. The van der Waals surface area contributed by atoms with Crippen LogP contribution in [0.1, 0.15) is 17.0 Å². The van der Waals surface area contributed by atoms with Gasteiger partial charge in [0.05, 0.1) is 12.3 Å². The molecule has 0 saturated carbocycles. The molecule has 1 heterocycles. The first-order chi connectivity index (χ1) is 15.7. The van der Waals surface area contributed by atoms with E-state index in [0.717, 1.165) is 17.1 Å². The van der Waals surface area contributed by atoms with Crippen molar-refractivity contribution in [2.45, 2.75) is 12.3 Å². The summed E-state index contributed by atoms with van der Waals surface area (Å²) in [4.78, 5) is 12.8. The number of carbonyl (C=O) groups is 1. The highest BCUT2D eigenvalue weighted by molar-refractivity contribution is 6.07. The lowest BCUT2D eigenvalue weighted by molar-refractivity contribution is -0.274. The molecule has 1 aliphatic rings. The number of nitrogens with one attached hydrogen (secondary N) is 1. The maximum absolute atomic E-state index is 13.4. The third-order valence-corrected chi connectivity index (χ3v) is 4.90. The number of urea groups is 1. The Balaban J connectivity index is 1.55. The predicted octanol–water partition coefficient (Wildman–Crippen LogP) is 5.90. The van der Waals surface area contributed by atoms with Gasteiger partial charge in [0.25, 0.3) is 0 Å². The number of hydrogen-bond acceptors (Lipinski definition) is 3. The number of nitrogens with zero attached hydrogens (tertiary/aromatic N) is 2. The van der Waals surface area contributed by atoms with Gasteiger partial charge in [-0.05, 0) is 59.7 Å². The van der Waals surface area contributed by atoms with Crippen molar-refractivity contribution in [3.8, 4) is 5.75 Å². The average molecular weight is 461 g/mol. The van der Waals surface area contributed by atoms with Crippen LogP contribution in [-0.4, -0.2) is 29.7 Å². The second-order valence-corrected chi connectivity index (χ2v) is 7.18. The topological polar surface area (TPSA) is 53.9 Å². The van der Waals surface area contributed by atoms with Crippen LogP contribution in [0.4, 0.5) is 32.4 Å². The largest absolute Gasteiger partial charge is 0.573 e. The molecule has 0 fully saturated rings. The molecule has 0 aromatic heterocycles. The number of halogens is 5. The Labute approximate surface area is 185 Å². The summed E-state index contributed by atoms with van der Waals surface area (Å²) in [7, 11) is 0. The number of ether oxygens (including phenoxy) is 1. The zero-order chi connectivity index (χ0) is 23.6. The average Bonchev–Trinajstić information content (AvgIpc) is 3.21. The van der Waals surface area contributed by atoms with Gasteiger partial charge >= 0.3 is 12.4 Å². The van der Waals surface area contributed by atoms with Crippen LogP contribution in [0.3, 0.4) is 0 Å². The van der Waals surface area contributed by atoms with E-state index in [1.807, 2.05) is 0 Å². The van der Waals surface area contributed by atoms with Crippen molar-refractivity contribution in [1.82, 2.24) is 5.01 Å². The highest BCUT2D eigenvalue weighted by atomic mass is 19.4. The van der Waals surface area contributed by atoms with E-state index in [-0.39, 0.29) is 12.2 Å². The zero-order valence-corrected chi connectivity index (χ0v) is 16.8. The number of hydrazone groups is 1. The van der Waals surface area contributed by atoms with Crippen LogP contribution in [0.25, 0.3) is 0 Å². The lowest BCUT2D eigenvalue weighted by Crippen LogP contribution is -2.30. The van der Waals surface area contributed by atoms with Crippen LogP contribution in [0, 0.1) is 11.6 Å².